The van der Waals surface area contributed by atoms with E-state index in [2.05, 4.69) is 21.2 Å². The van der Waals surface area contributed by atoms with Crippen LogP contribution in [0.15, 0.2) is 119 Å². The van der Waals surface area contributed by atoms with E-state index in [1.54, 1.807) is 18.2 Å². The predicted octanol–water partition coefficient (Wildman–Crippen LogP) is 5.95. The van der Waals surface area contributed by atoms with Gasteiger partial charge in [-0.25, -0.2) is 12.8 Å². The van der Waals surface area contributed by atoms with Gasteiger partial charge in [0.15, 0.2) is 0 Å². The van der Waals surface area contributed by atoms with E-state index in [9.17, 15) is 22.4 Å². The SMILES string of the molecule is CC(C)NC(=O)[C@@H](Cc1ccccc1)N(Cc1cccc(Br)c1)C(=O)CN(c1ccc(F)cc1)S(=O)(=O)c1ccccc1. The number of benzene rings is 4. The number of carbonyl (C=O) groups excluding carboxylic acids is 2. The molecule has 0 radical (unpaired) electrons. The molecule has 0 saturated carbocycles. The molecular formula is C33H33BrFN3O4S. The van der Waals surface area contributed by atoms with Gasteiger partial charge in [0.2, 0.25) is 11.8 Å². The third-order valence-electron chi connectivity index (χ3n) is 6.67. The van der Waals surface area contributed by atoms with Crippen LogP contribution in [0, 0.1) is 5.82 Å². The van der Waals surface area contributed by atoms with E-state index in [-0.39, 0.29) is 35.5 Å². The number of hydrogen-bond donors (Lipinski definition) is 1. The van der Waals surface area contributed by atoms with Gasteiger partial charge in [0.05, 0.1) is 10.6 Å². The quantitative estimate of drug-likeness (QED) is 0.203. The van der Waals surface area contributed by atoms with Gasteiger partial charge in [-0.3, -0.25) is 13.9 Å². The molecule has 0 aliphatic carbocycles. The third-order valence-corrected chi connectivity index (χ3v) is 8.95. The van der Waals surface area contributed by atoms with Crippen LogP contribution in [0.1, 0.15) is 25.0 Å². The highest BCUT2D eigenvalue weighted by molar-refractivity contribution is 9.10. The zero-order valence-electron chi connectivity index (χ0n) is 23.9. The van der Waals surface area contributed by atoms with Crippen LogP contribution in [0.2, 0.25) is 0 Å². The van der Waals surface area contributed by atoms with E-state index in [1.165, 1.54) is 29.2 Å². The number of anilines is 1. The lowest BCUT2D eigenvalue weighted by atomic mass is 10.0. The van der Waals surface area contributed by atoms with Crippen molar-refractivity contribution in [1.82, 2.24) is 10.2 Å². The minimum Gasteiger partial charge on any atom is -0.352 e. The lowest BCUT2D eigenvalue weighted by Gasteiger charge is -2.34. The van der Waals surface area contributed by atoms with E-state index in [1.807, 2.05) is 68.4 Å². The summed E-state index contributed by atoms with van der Waals surface area (Å²) in [4.78, 5) is 29.4. The zero-order valence-corrected chi connectivity index (χ0v) is 26.3. The minimum absolute atomic E-state index is 0.0240. The molecule has 43 heavy (non-hydrogen) atoms. The number of nitrogens with one attached hydrogen (secondary N) is 1. The van der Waals surface area contributed by atoms with Crippen molar-refractivity contribution in [3.05, 3.63) is 131 Å². The second-order valence-corrected chi connectivity index (χ2v) is 13.1. The first kappa shape index (κ1) is 31.9. The Morgan fingerprint density at radius 3 is 2.05 bits per heavy atom. The van der Waals surface area contributed by atoms with Crippen molar-refractivity contribution in [2.24, 2.45) is 0 Å². The average Bonchev–Trinajstić information content (AvgIpc) is 2.98. The monoisotopic (exact) mass is 665 g/mol. The first-order chi connectivity index (χ1) is 20.5. The van der Waals surface area contributed by atoms with Gasteiger partial charge in [-0.2, -0.15) is 0 Å². The lowest BCUT2D eigenvalue weighted by molar-refractivity contribution is -0.140. The fourth-order valence-electron chi connectivity index (χ4n) is 4.62. The number of amides is 2. The molecule has 4 rings (SSSR count). The van der Waals surface area contributed by atoms with Crippen molar-refractivity contribution < 1.29 is 22.4 Å². The number of rotatable bonds is 12. The van der Waals surface area contributed by atoms with Gasteiger partial charge >= 0.3 is 0 Å². The molecule has 1 N–H and O–H groups in total. The van der Waals surface area contributed by atoms with Crippen LogP contribution in [0.3, 0.4) is 0 Å². The van der Waals surface area contributed by atoms with Gasteiger partial charge in [0, 0.05) is 23.5 Å². The summed E-state index contributed by atoms with van der Waals surface area (Å²) in [6.07, 6.45) is 0.209. The first-order valence-corrected chi connectivity index (χ1v) is 16.0. The van der Waals surface area contributed by atoms with Crippen LogP contribution in [0.25, 0.3) is 0 Å². The second-order valence-electron chi connectivity index (χ2n) is 10.3. The molecule has 4 aromatic rings. The lowest BCUT2D eigenvalue weighted by Crippen LogP contribution is -2.54. The van der Waals surface area contributed by atoms with Crippen molar-refractivity contribution >= 4 is 43.5 Å². The summed E-state index contributed by atoms with van der Waals surface area (Å²) in [5, 5.41) is 2.93. The highest BCUT2D eigenvalue weighted by Crippen LogP contribution is 2.25. The molecule has 7 nitrogen and oxygen atoms in total. The fraction of sp³-hybridized carbons (Fsp3) is 0.212. The number of nitrogens with zero attached hydrogens (tertiary/aromatic N) is 2. The molecule has 224 valence electrons. The van der Waals surface area contributed by atoms with E-state index in [4.69, 9.17) is 0 Å². The van der Waals surface area contributed by atoms with Crippen molar-refractivity contribution in [1.29, 1.82) is 0 Å². The number of hydrogen-bond acceptors (Lipinski definition) is 4. The van der Waals surface area contributed by atoms with Crippen LogP contribution in [-0.2, 0) is 32.6 Å². The average molecular weight is 667 g/mol. The van der Waals surface area contributed by atoms with Crippen LogP contribution in [0.5, 0.6) is 0 Å². The number of halogens is 2. The highest BCUT2D eigenvalue weighted by Gasteiger charge is 2.34. The summed E-state index contributed by atoms with van der Waals surface area (Å²) >= 11 is 3.47. The Bertz CT molecular complexity index is 1640. The molecule has 0 aliphatic rings. The molecule has 10 heteroatoms. The normalized spacial score (nSPS) is 12.0. The van der Waals surface area contributed by atoms with Crippen molar-refractivity contribution in [3.63, 3.8) is 0 Å². The Hall–Kier alpha value is -4.02. The molecule has 1 atom stereocenters. The van der Waals surface area contributed by atoms with Crippen LogP contribution in [0.4, 0.5) is 10.1 Å². The minimum atomic E-state index is -4.24. The number of carbonyl (C=O) groups is 2. The van der Waals surface area contributed by atoms with Crippen molar-refractivity contribution in [3.8, 4) is 0 Å². The summed E-state index contributed by atoms with van der Waals surface area (Å²) in [6.45, 7) is 3.10. The Morgan fingerprint density at radius 1 is 0.837 bits per heavy atom. The van der Waals surface area contributed by atoms with Gasteiger partial charge in [-0.05, 0) is 73.5 Å². The van der Waals surface area contributed by atoms with Gasteiger partial charge in [0.25, 0.3) is 10.0 Å². The van der Waals surface area contributed by atoms with Crippen molar-refractivity contribution in [2.45, 2.75) is 43.8 Å². The standard InChI is InChI=1S/C33H33BrFN3O4S/c1-24(2)36-33(40)31(21-25-10-5-3-6-11-25)37(22-26-12-9-13-27(34)20-26)32(39)23-38(29-18-16-28(35)17-19-29)43(41,42)30-14-7-4-8-15-30/h3-20,24,31H,21-23H2,1-2H3,(H,36,40)/t31-/m1/s1. The Labute approximate surface area is 260 Å². The van der Waals surface area contributed by atoms with E-state index in [0.29, 0.717) is 0 Å². The molecule has 0 unspecified atom stereocenters. The smallest absolute Gasteiger partial charge is 0.264 e. The summed E-state index contributed by atoms with van der Waals surface area (Å²) in [5.41, 5.74) is 1.70. The van der Waals surface area contributed by atoms with Gasteiger partial charge in [0.1, 0.15) is 18.4 Å². The summed E-state index contributed by atoms with van der Waals surface area (Å²) in [7, 11) is -4.24. The molecule has 0 fully saturated rings. The van der Waals surface area contributed by atoms with Gasteiger partial charge in [-0.1, -0.05) is 76.6 Å². The fourth-order valence-corrected chi connectivity index (χ4v) is 6.50. The molecule has 0 spiro atoms. The van der Waals surface area contributed by atoms with Crippen LogP contribution in [-0.4, -0.2) is 43.8 Å². The third kappa shape index (κ3) is 8.52. The summed E-state index contributed by atoms with van der Waals surface area (Å²) < 4.78 is 43.4. The molecule has 2 amide bonds. The Kier molecular flexibility index (Phi) is 10.7. The maximum Gasteiger partial charge on any atom is 0.264 e. The van der Waals surface area contributed by atoms with Gasteiger partial charge in [-0.15, -0.1) is 0 Å². The highest BCUT2D eigenvalue weighted by atomic mass is 79.9. The van der Waals surface area contributed by atoms with E-state index < -0.39 is 34.3 Å². The largest absolute Gasteiger partial charge is 0.352 e. The summed E-state index contributed by atoms with van der Waals surface area (Å²) in [5.74, 6) is -1.50. The molecule has 4 aromatic carbocycles. The maximum absolute atomic E-state index is 14.3. The molecule has 0 aromatic heterocycles. The van der Waals surface area contributed by atoms with Crippen LogP contribution < -0.4 is 9.62 Å². The molecule has 0 saturated heterocycles. The molecular weight excluding hydrogens is 633 g/mol. The Morgan fingerprint density at radius 2 is 1.44 bits per heavy atom. The van der Waals surface area contributed by atoms with E-state index >= 15 is 0 Å². The topological polar surface area (TPSA) is 86.8 Å². The predicted molar refractivity (Wildman–Crippen MR) is 169 cm³/mol. The molecule has 0 bridgehead atoms. The zero-order chi connectivity index (χ0) is 31.0. The molecule has 0 heterocycles. The van der Waals surface area contributed by atoms with Crippen LogP contribution >= 0.6 is 15.9 Å². The first-order valence-electron chi connectivity index (χ1n) is 13.8. The van der Waals surface area contributed by atoms with E-state index in [0.717, 1.165) is 32.0 Å². The number of sulfonamides is 1. The van der Waals surface area contributed by atoms with Crippen molar-refractivity contribution in [2.75, 3.05) is 10.8 Å². The molecule has 0 aliphatic heterocycles. The second kappa shape index (κ2) is 14.4. The summed E-state index contributed by atoms with van der Waals surface area (Å²) in [6, 6.07) is 28.2. The van der Waals surface area contributed by atoms with Gasteiger partial charge < -0.3 is 10.2 Å². The Balaban J connectivity index is 1.79. The maximum atomic E-state index is 14.3.